The summed E-state index contributed by atoms with van der Waals surface area (Å²) in [6.07, 6.45) is 4.82. The fourth-order valence-corrected chi connectivity index (χ4v) is 4.20. The molecular formula is C19H19NO3S. The van der Waals surface area contributed by atoms with Gasteiger partial charge in [0.25, 0.3) is 5.56 Å². The summed E-state index contributed by atoms with van der Waals surface area (Å²) >= 11 is 1.45. The highest BCUT2D eigenvalue weighted by Crippen LogP contribution is 2.34. The summed E-state index contributed by atoms with van der Waals surface area (Å²) in [6, 6.07) is 13.4. The van der Waals surface area contributed by atoms with E-state index in [4.69, 9.17) is 9.47 Å². The zero-order valence-electron chi connectivity index (χ0n) is 13.5. The third kappa shape index (κ3) is 2.69. The van der Waals surface area contributed by atoms with E-state index in [1.165, 1.54) is 24.4 Å². The van der Waals surface area contributed by atoms with E-state index >= 15 is 0 Å². The number of nitrogens with zero attached hydrogens (tertiary/aromatic N) is 1. The van der Waals surface area contributed by atoms with Crippen molar-refractivity contribution >= 4 is 21.6 Å². The molecule has 0 spiro atoms. The number of aromatic nitrogens is 1. The maximum atomic E-state index is 12.6. The van der Waals surface area contributed by atoms with Crippen LogP contribution < -0.4 is 15.0 Å². The van der Waals surface area contributed by atoms with Crippen molar-refractivity contribution in [3.05, 3.63) is 52.8 Å². The Morgan fingerprint density at radius 2 is 1.88 bits per heavy atom. The third-order valence-corrected chi connectivity index (χ3v) is 5.58. The van der Waals surface area contributed by atoms with Gasteiger partial charge in [-0.1, -0.05) is 23.7 Å². The van der Waals surface area contributed by atoms with Crippen molar-refractivity contribution in [3.8, 4) is 17.2 Å². The number of fused-ring (bicyclic) bond motifs is 1. The SMILES string of the molecule is COc1ccc(-n2sc3ccccc3c2=O)cc1OC1CCCC1. The van der Waals surface area contributed by atoms with Crippen molar-refractivity contribution in [1.82, 2.24) is 3.96 Å². The van der Waals surface area contributed by atoms with Crippen molar-refractivity contribution in [1.29, 1.82) is 0 Å². The minimum atomic E-state index is 0.00702. The van der Waals surface area contributed by atoms with Crippen LogP contribution in [0.4, 0.5) is 0 Å². The van der Waals surface area contributed by atoms with Gasteiger partial charge in [0.15, 0.2) is 11.5 Å². The zero-order valence-corrected chi connectivity index (χ0v) is 14.3. The highest BCUT2D eigenvalue weighted by Gasteiger charge is 2.19. The average Bonchev–Trinajstić information content (AvgIpc) is 3.23. The zero-order chi connectivity index (χ0) is 16.5. The molecule has 124 valence electrons. The second-order valence-corrected chi connectivity index (χ2v) is 7.03. The molecule has 3 aromatic rings. The summed E-state index contributed by atoms with van der Waals surface area (Å²) in [5.41, 5.74) is 0.822. The lowest BCUT2D eigenvalue weighted by Gasteiger charge is -2.16. The maximum absolute atomic E-state index is 12.6. The first-order valence-corrected chi connectivity index (χ1v) is 9.00. The molecule has 2 aromatic carbocycles. The molecule has 1 heterocycles. The standard InChI is InChI=1S/C19H19NO3S/c1-22-16-11-10-13(12-17(16)23-14-6-2-3-7-14)20-19(21)15-8-4-5-9-18(15)24-20/h4-5,8-12,14H,2-3,6-7H2,1H3. The van der Waals surface area contributed by atoms with Crippen LogP contribution in [0, 0.1) is 0 Å². The highest BCUT2D eigenvalue weighted by molar-refractivity contribution is 7.14. The molecular weight excluding hydrogens is 322 g/mol. The third-order valence-electron chi connectivity index (χ3n) is 4.47. The van der Waals surface area contributed by atoms with Gasteiger partial charge in [0.2, 0.25) is 0 Å². The summed E-state index contributed by atoms with van der Waals surface area (Å²) < 4.78 is 14.3. The second-order valence-electron chi connectivity index (χ2n) is 6.05. The van der Waals surface area contributed by atoms with E-state index in [2.05, 4.69) is 0 Å². The molecule has 4 rings (SSSR count). The fourth-order valence-electron chi connectivity index (χ4n) is 3.21. The molecule has 0 aliphatic heterocycles. The monoisotopic (exact) mass is 341 g/mol. The molecule has 24 heavy (non-hydrogen) atoms. The number of hydrogen-bond acceptors (Lipinski definition) is 4. The first-order valence-electron chi connectivity index (χ1n) is 8.22. The minimum Gasteiger partial charge on any atom is -0.493 e. The largest absolute Gasteiger partial charge is 0.493 e. The number of methoxy groups -OCH3 is 1. The first-order chi connectivity index (χ1) is 11.8. The molecule has 0 bridgehead atoms. The van der Waals surface area contributed by atoms with E-state index < -0.39 is 0 Å². The lowest BCUT2D eigenvalue weighted by Crippen LogP contribution is -2.13. The maximum Gasteiger partial charge on any atom is 0.273 e. The van der Waals surface area contributed by atoms with E-state index in [-0.39, 0.29) is 11.7 Å². The molecule has 5 heteroatoms. The lowest BCUT2D eigenvalue weighted by atomic mass is 10.2. The van der Waals surface area contributed by atoms with Crippen molar-refractivity contribution in [2.45, 2.75) is 31.8 Å². The Balaban J connectivity index is 1.77. The number of rotatable bonds is 4. The summed E-state index contributed by atoms with van der Waals surface area (Å²) in [4.78, 5) is 12.6. The summed E-state index contributed by atoms with van der Waals surface area (Å²) in [6.45, 7) is 0. The normalized spacial score (nSPS) is 15.0. The molecule has 1 saturated carbocycles. The van der Waals surface area contributed by atoms with Crippen LogP contribution in [0.2, 0.25) is 0 Å². The van der Waals surface area contributed by atoms with Crippen LogP contribution >= 0.6 is 11.5 Å². The molecule has 0 radical (unpaired) electrons. The van der Waals surface area contributed by atoms with Crippen molar-refractivity contribution in [2.75, 3.05) is 7.11 Å². The lowest BCUT2D eigenvalue weighted by molar-refractivity contribution is 0.201. The highest BCUT2D eigenvalue weighted by atomic mass is 32.1. The summed E-state index contributed by atoms with van der Waals surface area (Å²) in [5.74, 6) is 1.42. The van der Waals surface area contributed by atoms with Gasteiger partial charge in [-0.2, -0.15) is 0 Å². The molecule has 0 atom stereocenters. The Morgan fingerprint density at radius 3 is 2.62 bits per heavy atom. The quantitative estimate of drug-likeness (QED) is 0.707. The predicted molar refractivity (Wildman–Crippen MR) is 96.9 cm³/mol. The van der Waals surface area contributed by atoms with Crippen LogP contribution in [0.15, 0.2) is 47.3 Å². The Morgan fingerprint density at radius 1 is 1.08 bits per heavy atom. The van der Waals surface area contributed by atoms with Crippen molar-refractivity contribution in [3.63, 3.8) is 0 Å². The van der Waals surface area contributed by atoms with Crippen LogP contribution in [-0.2, 0) is 0 Å². The molecule has 1 aliphatic carbocycles. The van der Waals surface area contributed by atoms with E-state index in [1.54, 1.807) is 11.1 Å². The van der Waals surface area contributed by atoms with Gasteiger partial charge in [-0.15, -0.1) is 0 Å². The fraction of sp³-hybridized carbons (Fsp3) is 0.316. The van der Waals surface area contributed by atoms with Crippen LogP contribution in [-0.4, -0.2) is 17.2 Å². The Hall–Kier alpha value is -2.27. The van der Waals surface area contributed by atoms with Crippen LogP contribution in [0.25, 0.3) is 15.8 Å². The Bertz CT molecular complexity index is 922. The smallest absolute Gasteiger partial charge is 0.273 e. The minimum absolute atomic E-state index is 0.00702. The topological polar surface area (TPSA) is 40.5 Å². The average molecular weight is 341 g/mol. The van der Waals surface area contributed by atoms with Crippen LogP contribution in [0.1, 0.15) is 25.7 Å². The molecule has 1 fully saturated rings. The Kier molecular flexibility index (Phi) is 4.02. The van der Waals surface area contributed by atoms with E-state index in [0.717, 1.165) is 28.6 Å². The molecule has 0 saturated heterocycles. The van der Waals surface area contributed by atoms with Gasteiger partial charge in [0.05, 0.1) is 29.0 Å². The molecule has 1 aromatic heterocycles. The molecule has 0 amide bonds. The van der Waals surface area contributed by atoms with Crippen LogP contribution in [0.5, 0.6) is 11.5 Å². The first kappa shape index (κ1) is 15.3. The predicted octanol–water partition coefficient (Wildman–Crippen LogP) is 4.38. The van der Waals surface area contributed by atoms with Gasteiger partial charge in [0, 0.05) is 6.07 Å². The van der Waals surface area contributed by atoms with Gasteiger partial charge >= 0.3 is 0 Å². The van der Waals surface area contributed by atoms with Crippen molar-refractivity contribution < 1.29 is 9.47 Å². The van der Waals surface area contributed by atoms with Crippen molar-refractivity contribution in [2.24, 2.45) is 0 Å². The number of benzene rings is 2. The number of hydrogen-bond donors (Lipinski definition) is 0. The van der Waals surface area contributed by atoms with Crippen LogP contribution in [0.3, 0.4) is 0 Å². The summed E-state index contributed by atoms with van der Waals surface area (Å²) in [5, 5.41) is 0.747. The number of ether oxygens (including phenoxy) is 2. The molecule has 0 unspecified atom stereocenters. The van der Waals surface area contributed by atoms with Gasteiger partial charge in [0.1, 0.15) is 0 Å². The van der Waals surface area contributed by atoms with Gasteiger partial charge < -0.3 is 9.47 Å². The molecule has 4 nitrogen and oxygen atoms in total. The Labute approximate surface area is 144 Å². The van der Waals surface area contributed by atoms with E-state index in [0.29, 0.717) is 11.5 Å². The molecule has 0 N–H and O–H groups in total. The van der Waals surface area contributed by atoms with Gasteiger partial charge in [-0.25, -0.2) is 3.96 Å². The summed E-state index contributed by atoms with van der Waals surface area (Å²) in [7, 11) is 1.64. The van der Waals surface area contributed by atoms with Gasteiger partial charge in [-0.3, -0.25) is 4.79 Å². The molecule has 1 aliphatic rings. The van der Waals surface area contributed by atoms with E-state index in [9.17, 15) is 4.79 Å². The van der Waals surface area contributed by atoms with Gasteiger partial charge in [-0.05, 0) is 49.9 Å². The second kappa shape index (κ2) is 6.32. The van der Waals surface area contributed by atoms with E-state index in [1.807, 2.05) is 42.5 Å².